The van der Waals surface area contributed by atoms with Crippen molar-refractivity contribution in [2.75, 3.05) is 6.61 Å². The SMILES string of the molecule is CCCCON=C1CCCCC1. The summed E-state index contributed by atoms with van der Waals surface area (Å²) in [5.74, 6) is 0. The predicted molar refractivity (Wildman–Crippen MR) is 51.4 cm³/mol. The number of nitrogens with zero attached hydrogens (tertiary/aromatic N) is 1. The van der Waals surface area contributed by atoms with Crippen LogP contribution in [-0.2, 0) is 4.84 Å². The molecule has 0 saturated heterocycles. The Kier molecular flexibility index (Phi) is 4.81. The van der Waals surface area contributed by atoms with Gasteiger partial charge in [-0.1, -0.05) is 24.9 Å². The molecule has 0 amide bonds. The Morgan fingerprint density at radius 3 is 2.67 bits per heavy atom. The second-order valence-electron chi connectivity index (χ2n) is 3.40. The van der Waals surface area contributed by atoms with Gasteiger partial charge in [0.05, 0.1) is 5.71 Å². The minimum Gasteiger partial charge on any atom is -0.396 e. The molecule has 0 unspecified atom stereocenters. The van der Waals surface area contributed by atoms with Crippen LogP contribution < -0.4 is 0 Å². The molecule has 2 heteroatoms. The summed E-state index contributed by atoms with van der Waals surface area (Å²) in [5, 5.41) is 4.14. The van der Waals surface area contributed by atoms with Crippen molar-refractivity contribution in [2.45, 2.75) is 51.9 Å². The summed E-state index contributed by atoms with van der Waals surface area (Å²) in [6.07, 6.45) is 8.60. The summed E-state index contributed by atoms with van der Waals surface area (Å²) in [4.78, 5) is 5.20. The third-order valence-electron chi connectivity index (χ3n) is 2.21. The van der Waals surface area contributed by atoms with Crippen LogP contribution in [0.25, 0.3) is 0 Å². The Hall–Kier alpha value is -0.530. The van der Waals surface area contributed by atoms with Crippen LogP contribution in [0, 0.1) is 0 Å². The van der Waals surface area contributed by atoms with E-state index in [1.807, 2.05) is 0 Å². The van der Waals surface area contributed by atoms with Crippen LogP contribution in [0.2, 0.25) is 0 Å². The van der Waals surface area contributed by atoms with Gasteiger partial charge in [0.15, 0.2) is 0 Å². The molecule has 0 N–H and O–H groups in total. The molecular weight excluding hydrogens is 150 g/mol. The first-order chi connectivity index (χ1) is 5.93. The second kappa shape index (κ2) is 6.04. The minimum atomic E-state index is 0.792. The monoisotopic (exact) mass is 169 g/mol. The molecule has 0 spiro atoms. The molecule has 2 nitrogen and oxygen atoms in total. The van der Waals surface area contributed by atoms with Crippen LogP contribution in [0.5, 0.6) is 0 Å². The highest BCUT2D eigenvalue weighted by Crippen LogP contribution is 2.14. The van der Waals surface area contributed by atoms with Crippen LogP contribution in [0.1, 0.15) is 51.9 Å². The van der Waals surface area contributed by atoms with E-state index in [2.05, 4.69) is 12.1 Å². The molecule has 1 fully saturated rings. The standard InChI is InChI=1S/C10H19NO/c1-2-3-9-12-11-10-7-5-4-6-8-10/h2-9H2,1H3. The summed E-state index contributed by atoms with van der Waals surface area (Å²) in [7, 11) is 0. The van der Waals surface area contributed by atoms with Crippen LogP contribution in [0.3, 0.4) is 0 Å². The average Bonchev–Trinajstić information content (AvgIpc) is 2.14. The first-order valence-electron chi connectivity index (χ1n) is 5.11. The van der Waals surface area contributed by atoms with E-state index >= 15 is 0 Å². The Balaban J connectivity index is 2.08. The van der Waals surface area contributed by atoms with Gasteiger partial charge >= 0.3 is 0 Å². The van der Waals surface area contributed by atoms with Crippen molar-refractivity contribution in [3.05, 3.63) is 0 Å². The zero-order valence-electron chi connectivity index (χ0n) is 8.01. The van der Waals surface area contributed by atoms with E-state index in [0.717, 1.165) is 25.9 Å². The van der Waals surface area contributed by atoms with Crippen molar-refractivity contribution in [2.24, 2.45) is 5.16 Å². The average molecular weight is 169 g/mol. The van der Waals surface area contributed by atoms with Crippen molar-refractivity contribution >= 4 is 5.71 Å². The molecule has 0 heterocycles. The maximum absolute atomic E-state index is 5.20. The van der Waals surface area contributed by atoms with E-state index in [4.69, 9.17) is 4.84 Å². The first kappa shape index (κ1) is 9.56. The number of rotatable bonds is 4. The summed E-state index contributed by atoms with van der Waals surface area (Å²) < 4.78 is 0. The Labute approximate surface area is 75.0 Å². The maximum Gasteiger partial charge on any atom is 0.117 e. The van der Waals surface area contributed by atoms with E-state index < -0.39 is 0 Å². The number of oxime groups is 1. The van der Waals surface area contributed by atoms with E-state index in [9.17, 15) is 0 Å². The molecule has 1 saturated carbocycles. The number of hydrogen-bond acceptors (Lipinski definition) is 2. The highest BCUT2D eigenvalue weighted by atomic mass is 16.6. The fourth-order valence-corrected chi connectivity index (χ4v) is 1.40. The number of hydrogen-bond donors (Lipinski definition) is 0. The minimum absolute atomic E-state index is 0.792. The van der Waals surface area contributed by atoms with E-state index in [-0.39, 0.29) is 0 Å². The van der Waals surface area contributed by atoms with E-state index in [1.165, 1.54) is 31.4 Å². The molecule has 1 aliphatic carbocycles. The highest BCUT2D eigenvalue weighted by Gasteiger charge is 2.06. The first-order valence-corrected chi connectivity index (χ1v) is 5.11. The van der Waals surface area contributed by atoms with Gasteiger partial charge in [-0.25, -0.2) is 0 Å². The maximum atomic E-state index is 5.20. The zero-order chi connectivity index (χ0) is 8.65. The van der Waals surface area contributed by atoms with Gasteiger partial charge in [-0.2, -0.15) is 0 Å². The lowest BCUT2D eigenvalue weighted by molar-refractivity contribution is 0.139. The third kappa shape index (κ3) is 3.74. The van der Waals surface area contributed by atoms with Crippen LogP contribution in [-0.4, -0.2) is 12.3 Å². The summed E-state index contributed by atoms with van der Waals surface area (Å²) in [6.45, 7) is 2.96. The van der Waals surface area contributed by atoms with E-state index in [1.54, 1.807) is 0 Å². The molecule has 0 radical (unpaired) electrons. The zero-order valence-corrected chi connectivity index (χ0v) is 8.01. The van der Waals surface area contributed by atoms with Gasteiger partial charge in [0, 0.05) is 0 Å². The van der Waals surface area contributed by atoms with Crippen LogP contribution >= 0.6 is 0 Å². The fraction of sp³-hybridized carbons (Fsp3) is 0.900. The molecule has 0 aromatic carbocycles. The topological polar surface area (TPSA) is 21.6 Å². The fourth-order valence-electron chi connectivity index (χ4n) is 1.40. The van der Waals surface area contributed by atoms with Crippen molar-refractivity contribution < 1.29 is 4.84 Å². The smallest absolute Gasteiger partial charge is 0.117 e. The lowest BCUT2D eigenvalue weighted by Crippen LogP contribution is -2.05. The van der Waals surface area contributed by atoms with Crippen molar-refractivity contribution in [3.8, 4) is 0 Å². The van der Waals surface area contributed by atoms with Gasteiger partial charge in [0.1, 0.15) is 6.61 Å². The molecule has 0 atom stereocenters. The van der Waals surface area contributed by atoms with Gasteiger partial charge in [-0.05, 0) is 32.1 Å². The Bertz CT molecular complexity index is 135. The lowest BCUT2D eigenvalue weighted by atomic mass is 9.99. The molecular formula is C10H19NO. The third-order valence-corrected chi connectivity index (χ3v) is 2.21. The van der Waals surface area contributed by atoms with E-state index in [0.29, 0.717) is 0 Å². The molecule has 70 valence electrons. The van der Waals surface area contributed by atoms with Crippen molar-refractivity contribution in [1.82, 2.24) is 0 Å². The van der Waals surface area contributed by atoms with Gasteiger partial charge in [-0.15, -0.1) is 0 Å². The summed E-state index contributed by atoms with van der Waals surface area (Å²) >= 11 is 0. The Morgan fingerprint density at radius 2 is 2.00 bits per heavy atom. The summed E-state index contributed by atoms with van der Waals surface area (Å²) in [6, 6.07) is 0. The van der Waals surface area contributed by atoms with Crippen LogP contribution in [0.15, 0.2) is 5.16 Å². The molecule has 12 heavy (non-hydrogen) atoms. The molecule has 0 aromatic rings. The van der Waals surface area contributed by atoms with Gasteiger partial charge in [0.25, 0.3) is 0 Å². The normalized spacial score (nSPS) is 17.6. The van der Waals surface area contributed by atoms with Gasteiger partial charge in [0.2, 0.25) is 0 Å². The number of unbranched alkanes of at least 4 members (excludes halogenated alkanes) is 1. The Morgan fingerprint density at radius 1 is 1.25 bits per heavy atom. The molecule has 0 bridgehead atoms. The van der Waals surface area contributed by atoms with Crippen molar-refractivity contribution in [3.63, 3.8) is 0 Å². The molecule has 1 rings (SSSR count). The predicted octanol–water partition coefficient (Wildman–Crippen LogP) is 3.12. The van der Waals surface area contributed by atoms with Gasteiger partial charge < -0.3 is 4.84 Å². The lowest BCUT2D eigenvalue weighted by Gasteiger charge is -2.11. The largest absolute Gasteiger partial charge is 0.396 e. The summed E-state index contributed by atoms with van der Waals surface area (Å²) in [5.41, 5.74) is 1.28. The quantitative estimate of drug-likeness (QED) is 0.468. The van der Waals surface area contributed by atoms with Crippen LogP contribution in [0.4, 0.5) is 0 Å². The molecule has 1 aliphatic rings. The van der Waals surface area contributed by atoms with Crippen molar-refractivity contribution in [1.29, 1.82) is 0 Å². The van der Waals surface area contributed by atoms with Gasteiger partial charge in [-0.3, -0.25) is 0 Å². The second-order valence-corrected chi connectivity index (χ2v) is 3.40. The highest BCUT2D eigenvalue weighted by molar-refractivity contribution is 5.84. The molecule has 0 aromatic heterocycles. The molecule has 0 aliphatic heterocycles.